The number of carbonyl (C=O) groups excluding carboxylic acids is 1. The second-order valence-electron chi connectivity index (χ2n) is 10.7. The van der Waals surface area contributed by atoms with Crippen LogP contribution in [-0.4, -0.2) is 47.5 Å². The Labute approximate surface area is 254 Å². The predicted octanol–water partition coefficient (Wildman–Crippen LogP) is 6.80. The largest absolute Gasteiger partial charge is 0.491 e. The van der Waals surface area contributed by atoms with Crippen molar-refractivity contribution < 1.29 is 23.7 Å². The van der Waals surface area contributed by atoms with Crippen LogP contribution in [0.3, 0.4) is 0 Å². The highest BCUT2D eigenvalue weighted by molar-refractivity contribution is 5.82. The molecule has 0 aliphatic rings. The summed E-state index contributed by atoms with van der Waals surface area (Å²) in [5, 5.41) is 4.79. The van der Waals surface area contributed by atoms with Crippen LogP contribution < -0.4 is 9.47 Å². The van der Waals surface area contributed by atoms with Gasteiger partial charge in [0.15, 0.2) is 11.5 Å². The summed E-state index contributed by atoms with van der Waals surface area (Å²) in [5.74, 6) is 8.07. The molecule has 43 heavy (non-hydrogen) atoms. The first-order valence-electron chi connectivity index (χ1n) is 14.7. The van der Waals surface area contributed by atoms with Crippen LogP contribution in [0, 0.1) is 25.7 Å². The summed E-state index contributed by atoms with van der Waals surface area (Å²) >= 11 is 0. The minimum absolute atomic E-state index is 0.190. The van der Waals surface area contributed by atoms with Crippen LogP contribution in [0.4, 0.5) is 0 Å². The Balaban J connectivity index is 1.61. The average Bonchev–Trinajstić information content (AvgIpc) is 3.41. The number of rotatable bonds is 13. The van der Waals surface area contributed by atoms with Gasteiger partial charge in [0.25, 0.3) is 0 Å². The maximum Gasteiger partial charge on any atom is 0.307 e. The number of aryl methyl sites for hydroxylation is 2. The summed E-state index contributed by atoms with van der Waals surface area (Å²) in [7, 11) is 1.66. The summed E-state index contributed by atoms with van der Waals surface area (Å²) in [4.78, 5) is 17.0. The van der Waals surface area contributed by atoms with Crippen molar-refractivity contribution in [3.63, 3.8) is 0 Å². The monoisotopic (exact) mass is 583 g/mol. The van der Waals surface area contributed by atoms with E-state index in [4.69, 9.17) is 29.0 Å². The van der Waals surface area contributed by atoms with E-state index in [1.165, 1.54) is 0 Å². The van der Waals surface area contributed by atoms with E-state index in [0.29, 0.717) is 26.4 Å². The van der Waals surface area contributed by atoms with Gasteiger partial charge in [0, 0.05) is 30.4 Å². The maximum atomic E-state index is 12.1. The fraction of sp³-hybridized carbons (Fsp3) is 0.400. The third-order valence-electron chi connectivity index (χ3n) is 7.04. The summed E-state index contributed by atoms with van der Waals surface area (Å²) in [6, 6.07) is 14.0. The maximum absolute atomic E-state index is 12.1. The zero-order valence-electron chi connectivity index (χ0n) is 26.2. The molecule has 0 spiro atoms. The third-order valence-corrected chi connectivity index (χ3v) is 7.04. The lowest BCUT2D eigenvalue weighted by Crippen LogP contribution is -2.09. The number of aromatic nitrogens is 3. The van der Waals surface area contributed by atoms with Crippen LogP contribution in [0.5, 0.6) is 11.5 Å². The number of nitrogens with zero attached hydrogens (tertiary/aromatic N) is 3. The SMILES string of the molecule is CC#C[C@@H](CC(=O)OCC)c1ccc(OCc2cc(-c3c(C)cc(OCCOC)cc3C)c3nc(C(C)C)nn3c2)cc1. The van der Waals surface area contributed by atoms with Gasteiger partial charge in [-0.05, 0) is 80.3 Å². The van der Waals surface area contributed by atoms with E-state index in [1.807, 2.05) is 35.0 Å². The number of hydrogen-bond acceptors (Lipinski definition) is 7. The molecule has 4 aromatic rings. The second kappa shape index (κ2) is 14.7. The third kappa shape index (κ3) is 7.94. The first-order chi connectivity index (χ1) is 20.7. The lowest BCUT2D eigenvalue weighted by Gasteiger charge is -2.16. The van der Waals surface area contributed by atoms with E-state index in [-0.39, 0.29) is 24.2 Å². The Kier molecular flexibility index (Phi) is 10.8. The van der Waals surface area contributed by atoms with Gasteiger partial charge in [-0.2, -0.15) is 5.10 Å². The van der Waals surface area contributed by atoms with Crippen molar-refractivity contribution in [3.8, 4) is 34.5 Å². The molecule has 0 aliphatic heterocycles. The molecule has 0 aliphatic carbocycles. The number of benzene rings is 2. The average molecular weight is 584 g/mol. The fourth-order valence-corrected chi connectivity index (χ4v) is 5.02. The van der Waals surface area contributed by atoms with Gasteiger partial charge in [0.1, 0.15) is 24.7 Å². The first kappa shape index (κ1) is 31.6. The first-order valence-corrected chi connectivity index (χ1v) is 14.7. The highest BCUT2D eigenvalue weighted by Crippen LogP contribution is 2.34. The van der Waals surface area contributed by atoms with Crippen LogP contribution >= 0.6 is 0 Å². The van der Waals surface area contributed by atoms with Crippen molar-refractivity contribution in [1.29, 1.82) is 0 Å². The molecule has 2 aromatic carbocycles. The molecule has 0 N–H and O–H groups in total. The second-order valence-corrected chi connectivity index (χ2v) is 10.7. The Morgan fingerprint density at radius 1 is 1.00 bits per heavy atom. The number of carbonyl (C=O) groups is 1. The van der Waals surface area contributed by atoms with Gasteiger partial charge in [-0.1, -0.05) is 31.9 Å². The van der Waals surface area contributed by atoms with E-state index in [9.17, 15) is 4.79 Å². The molecule has 0 saturated heterocycles. The number of methoxy groups -OCH3 is 1. The van der Waals surface area contributed by atoms with Crippen molar-refractivity contribution in [2.24, 2.45) is 0 Å². The van der Waals surface area contributed by atoms with Gasteiger partial charge < -0.3 is 18.9 Å². The molecule has 8 heteroatoms. The molecule has 226 valence electrons. The Morgan fingerprint density at radius 3 is 2.35 bits per heavy atom. The van der Waals surface area contributed by atoms with Crippen molar-refractivity contribution in [2.45, 2.75) is 66.4 Å². The highest BCUT2D eigenvalue weighted by atomic mass is 16.5. The van der Waals surface area contributed by atoms with Crippen LogP contribution in [0.1, 0.15) is 74.0 Å². The van der Waals surface area contributed by atoms with Gasteiger partial charge in [-0.15, -0.1) is 5.92 Å². The molecule has 2 aromatic heterocycles. The van der Waals surface area contributed by atoms with Gasteiger partial charge in [-0.3, -0.25) is 4.79 Å². The van der Waals surface area contributed by atoms with Crippen molar-refractivity contribution in [1.82, 2.24) is 14.6 Å². The predicted molar refractivity (Wildman–Crippen MR) is 168 cm³/mol. The quantitative estimate of drug-likeness (QED) is 0.0972. The van der Waals surface area contributed by atoms with Gasteiger partial charge >= 0.3 is 5.97 Å². The standard InChI is InChI=1S/C35H41N3O5/c1-8-10-28(20-32(39)41-9-2)27-11-13-29(14-12-27)43-22-26-19-31(35-36-34(23(3)4)37-38(35)21-26)33-24(5)17-30(18-25(33)6)42-16-15-40-7/h11-14,17-19,21,23,28H,9,15-16,20,22H2,1-7H3/t28-/m0/s1. The van der Waals surface area contributed by atoms with Crippen LogP contribution in [0.2, 0.25) is 0 Å². The number of pyridine rings is 1. The topological polar surface area (TPSA) is 84.2 Å². The molecule has 1 atom stereocenters. The van der Waals surface area contributed by atoms with Crippen molar-refractivity contribution in [2.75, 3.05) is 26.9 Å². The molecule has 0 fully saturated rings. The molecule has 0 bridgehead atoms. The number of hydrogen-bond donors (Lipinski definition) is 0. The zero-order valence-corrected chi connectivity index (χ0v) is 26.2. The Hall–Kier alpha value is -4.35. The summed E-state index contributed by atoms with van der Waals surface area (Å²) < 4.78 is 24.2. The minimum Gasteiger partial charge on any atom is -0.491 e. The summed E-state index contributed by atoms with van der Waals surface area (Å²) in [6.45, 7) is 13.7. The smallest absolute Gasteiger partial charge is 0.307 e. The van der Waals surface area contributed by atoms with Gasteiger partial charge in [0.05, 0.1) is 25.6 Å². The van der Waals surface area contributed by atoms with E-state index < -0.39 is 0 Å². The van der Waals surface area contributed by atoms with E-state index in [0.717, 1.165) is 56.4 Å². The normalized spacial score (nSPS) is 11.7. The molecule has 0 amide bonds. The van der Waals surface area contributed by atoms with E-state index >= 15 is 0 Å². The molecule has 2 heterocycles. The molecular weight excluding hydrogens is 542 g/mol. The van der Waals surface area contributed by atoms with E-state index in [1.54, 1.807) is 21.0 Å². The Morgan fingerprint density at radius 2 is 1.72 bits per heavy atom. The summed E-state index contributed by atoms with van der Waals surface area (Å²) in [6.07, 6.45) is 2.19. The highest BCUT2D eigenvalue weighted by Gasteiger charge is 2.19. The van der Waals surface area contributed by atoms with Crippen molar-refractivity contribution >= 4 is 11.6 Å². The van der Waals surface area contributed by atoms with E-state index in [2.05, 4.69) is 57.7 Å². The minimum atomic E-state index is -0.255. The molecule has 0 radical (unpaired) electrons. The Bertz CT molecular complexity index is 1590. The zero-order chi connectivity index (χ0) is 30.9. The van der Waals surface area contributed by atoms with Crippen molar-refractivity contribution in [3.05, 3.63) is 76.7 Å². The van der Waals surface area contributed by atoms with Crippen LogP contribution in [0.25, 0.3) is 16.8 Å². The lowest BCUT2D eigenvalue weighted by atomic mass is 9.95. The van der Waals surface area contributed by atoms with Gasteiger partial charge in [0.2, 0.25) is 0 Å². The fourth-order valence-electron chi connectivity index (χ4n) is 5.02. The van der Waals surface area contributed by atoms with Crippen LogP contribution in [-0.2, 0) is 20.9 Å². The van der Waals surface area contributed by atoms with Gasteiger partial charge in [-0.25, -0.2) is 9.50 Å². The lowest BCUT2D eigenvalue weighted by molar-refractivity contribution is -0.143. The summed E-state index contributed by atoms with van der Waals surface area (Å²) in [5.41, 5.74) is 6.98. The van der Waals surface area contributed by atoms with Crippen LogP contribution in [0.15, 0.2) is 48.7 Å². The number of fused-ring (bicyclic) bond motifs is 1. The molecular formula is C35H41N3O5. The molecule has 0 unspecified atom stereocenters. The number of ether oxygens (including phenoxy) is 4. The molecule has 0 saturated carbocycles. The number of esters is 1. The molecule has 4 rings (SSSR count). The molecule has 8 nitrogen and oxygen atoms in total.